The van der Waals surface area contributed by atoms with Crippen LogP contribution < -0.4 is 10.6 Å². The zero-order chi connectivity index (χ0) is 24.0. The number of aromatic amines is 1. The quantitative estimate of drug-likeness (QED) is 0.324. The van der Waals surface area contributed by atoms with E-state index in [0.717, 1.165) is 28.7 Å². The number of hydrogen-bond donors (Lipinski definition) is 3. The fourth-order valence-corrected chi connectivity index (χ4v) is 4.47. The molecule has 12 heteroatoms. The Labute approximate surface area is 197 Å². The van der Waals surface area contributed by atoms with E-state index in [2.05, 4.69) is 25.8 Å². The van der Waals surface area contributed by atoms with E-state index in [4.69, 9.17) is 4.74 Å². The molecule has 2 heterocycles. The third-order valence-corrected chi connectivity index (χ3v) is 6.26. The summed E-state index contributed by atoms with van der Waals surface area (Å²) >= 11 is 2.12. The number of amides is 2. The first-order valence-corrected chi connectivity index (χ1v) is 11.6. The summed E-state index contributed by atoms with van der Waals surface area (Å²) in [7, 11) is 0. The number of carbonyl (C=O) groups is 3. The largest absolute Gasteiger partial charge is 0.462 e. The maximum atomic E-state index is 12.4. The summed E-state index contributed by atoms with van der Waals surface area (Å²) in [5.74, 6) is -0.583. The second-order valence-corrected chi connectivity index (χ2v) is 8.62. The number of nitriles is 1. The monoisotopic (exact) mass is 484 g/mol. The van der Waals surface area contributed by atoms with Crippen LogP contribution in [-0.4, -0.2) is 45.3 Å². The van der Waals surface area contributed by atoms with Crippen molar-refractivity contribution in [1.82, 2.24) is 15.2 Å². The van der Waals surface area contributed by atoms with Gasteiger partial charge in [0.1, 0.15) is 15.9 Å². The number of anilines is 2. The number of aromatic nitrogens is 3. The van der Waals surface area contributed by atoms with E-state index in [1.807, 2.05) is 12.1 Å². The van der Waals surface area contributed by atoms with Gasteiger partial charge >= 0.3 is 5.97 Å². The van der Waals surface area contributed by atoms with E-state index in [0.29, 0.717) is 27.2 Å². The van der Waals surface area contributed by atoms with Crippen LogP contribution in [-0.2, 0) is 14.3 Å². The number of hydrogen-bond acceptors (Lipinski definition) is 9. The minimum atomic E-state index is -0.526. The molecule has 0 radical (unpaired) electrons. The first-order valence-electron chi connectivity index (χ1n) is 9.76. The Morgan fingerprint density at radius 1 is 1.30 bits per heavy atom. The Morgan fingerprint density at radius 2 is 2.09 bits per heavy atom. The molecule has 170 valence electrons. The molecule has 33 heavy (non-hydrogen) atoms. The van der Waals surface area contributed by atoms with Crippen LogP contribution in [0.15, 0.2) is 29.4 Å². The molecule has 0 bridgehead atoms. The molecule has 0 unspecified atom stereocenters. The van der Waals surface area contributed by atoms with Crippen LogP contribution in [0.25, 0.3) is 11.4 Å². The molecule has 1 aromatic carbocycles. The molecule has 0 aliphatic carbocycles. The Morgan fingerprint density at radius 3 is 2.79 bits per heavy atom. The minimum absolute atomic E-state index is 0.000217. The summed E-state index contributed by atoms with van der Waals surface area (Å²) in [6.45, 7) is 4.98. The Hall–Kier alpha value is -3.69. The molecule has 0 aliphatic heterocycles. The van der Waals surface area contributed by atoms with Gasteiger partial charge < -0.3 is 15.4 Å². The summed E-state index contributed by atoms with van der Waals surface area (Å²) in [6, 6.07) is 9.14. The molecule has 0 aliphatic rings. The molecule has 10 nitrogen and oxygen atoms in total. The van der Waals surface area contributed by atoms with Crippen molar-refractivity contribution in [1.29, 1.82) is 5.26 Å². The molecule has 3 aromatic rings. The molecule has 3 N–H and O–H groups in total. The fourth-order valence-electron chi connectivity index (χ4n) is 2.81. The normalized spacial score (nSPS) is 10.4. The van der Waals surface area contributed by atoms with Gasteiger partial charge in [-0.1, -0.05) is 23.9 Å². The number of rotatable bonds is 8. The van der Waals surface area contributed by atoms with Crippen LogP contribution in [0.3, 0.4) is 0 Å². The second-order valence-electron chi connectivity index (χ2n) is 6.66. The minimum Gasteiger partial charge on any atom is -0.462 e. The molecule has 0 fully saturated rings. The highest BCUT2D eigenvalue weighted by molar-refractivity contribution is 7.99. The molecule has 3 rings (SSSR count). The van der Waals surface area contributed by atoms with Crippen molar-refractivity contribution < 1.29 is 19.1 Å². The number of ether oxygens (including phenoxy) is 1. The van der Waals surface area contributed by atoms with Crippen molar-refractivity contribution in [3.63, 3.8) is 0 Å². The smallest absolute Gasteiger partial charge is 0.348 e. The van der Waals surface area contributed by atoms with Crippen LogP contribution in [0.5, 0.6) is 0 Å². The van der Waals surface area contributed by atoms with Crippen molar-refractivity contribution in [2.45, 2.75) is 25.9 Å². The van der Waals surface area contributed by atoms with Crippen LogP contribution >= 0.6 is 23.1 Å². The molecule has 0 saturated heterocycles. The highest BCUT2D eigenvalue weighted by Crippen LogP contribution is 2.33. The van der Waals surface area contributed by atoms with E-state index in [9.17, 15) is 19.6 Å². The molecular formula is C21H20N6O4S2. The number of thiophene rings is 1. The van der Waals surface area contributed by atoms with E-state index in [1.165, 1.54) is 6.92 Å². The highest BCUT2D eigenvalue weighted by atomic mass is 32.2. The molecular weight excluding hydrogens is 464 g/mol. The number of benzene rings is 1. The van der Waals surface area contributed by atoms with Gasteiger partial charge in [0.2, 0.25) is 17.0 Å². The average Bonchev–Trinajstić information content (AvgIpc) is 3.36. The maximum absolute atomic E-state index is 12.4. The van der Waals surface area contributed by atoms with Crippen LogP contribution in [0.2, 0.25) is 0 Å². The van der Waals surface area contributed by atoms with E-state index < -0.39 is 5.97 Å². The van der Waals surface area contributed by atoms with E-state index in [-0.39, 0.29) is 34.6 Å². The van der Waals surface area contributed by atoms with Crippen molar-refractivity contribution in [3.05, 3.63) is 40.3 Å². The van der Waals surface area contributed by atoms with Crippen molar-refractivity contribution in [2.24, 2.45) is 0 Å². The third-order valence-electron chi connectivity index (χ3n) is 4.23. The van der Waals surface area contributed by atoms with Crippen molar-refractivity contribution >= 4 is 51.6 Å². The Bertz CT molecular complexity index is 1240. The predicted molar refractivity (Wildman–Crippen MR) is 125 cm³/mol. The van der Waals surface area contributed by atoms with E-state index >= 15 is 0 Å². The second kappa shape index (κ2) is 10.8. The summed E-state index contributed by atoms with van der Waals surface area (Å²) in [5.41, 5.74) is 2.07. The van der Waals surface area contributed by atoms with Crippen molar-refractivity contribution in [3.8, 4) is 17.5 Å². The number of nitrogens with one attached hydrogen (secondary N) is 3. The average molecular weight is 485 g/mol. The first kappa shape index (κ1) is 24.0. The summed E-state index contributed by atoms with van der Waals surface area (Å²) in [5, 5.41) is 22.4. The van der Waals surface area contributed by atoms with Gasteiger partial charge in [-0.3, -0.25) is 14.7 Å². The molecule has 0 atom stereocenters. The van der Waals surface area contributed by atoms with Gasteiger partial charge in [0.15, 0.2) is 5.82 Å². The first-order chi connectivity index (χ1) is 15.8. The standard InChI is InChI=1S/C21H20N6O4S2/c1-4-31-20(30)17-11(2)15(9-22)19(33-17)24-16(29)10-32-21-25-18(26-27-21)13-6-5-7-14(8-13)23-12(3)28/h5-8H,4,10H2,1-3H3,(H,23,28)(H,24,29)(H,25,26,27). The molecule has 0 spiro atoms. The lowest BCUT2D eigenvalue weighted by Gasteiger charge is -2.03. The lowest BCUT2D eigenvalue weighted by atomic mass is 10.2. The summed E-state index contributed by atoms with van der Waals surface area (Å²) in [4.78, 5) is 40.4. The lowest BCUT2D eigenvalue weighted by molar-refractivity contribution is -0.114. The SMILES string of the molecule is CCOC(=O)c1sc(NC(=O)CSc2n[nH]c(-c3cccc(NC(C)=O)c3)n2)c(C#N)c1C. The van der Waals surface area contributed by atoms with Gasteiger partial charge in [-0.15, -0.1) is 16.4 Å². The van der Waals surface area contributed by atoms with Gasteiger partial charge in [0, 0.05) is 18.2 Å². The Balaban J connectivity index is 1.64. The van der Waals surface area contributed by atoms with Gasteiger partial charge in [-0.05, 0) is 31.5 Å². The van der Waals surface area contributed by atoms with Crippen LogP contribution in [0.1, 0.15) is 34.6 Å². The number of H-pyrrole nitrogens is 1. The topological polar surface area (TPSA) is 150 Å². The summed E-state index contributed by atoms with van der Waals surface area (Å²) < 4.78 is 5.00. The maximum Gasteiger partial charge on any atom is 0.348 e. The lowest BCUT2D eigenvalue weighted by Crippen LogP contribution is -2.14. The van der Waals surface area contributed by atoms with Gasteiger partial charge in [0.05, 0.1) is 17.9 Å². The number of esters is 1. The molecule has 2 amide bonds. The van der Waals surface area contributed by atoms with Gasteiger partial charge in [-0.25, -0.2) is 9.78 Å². The number of nitrogens with zero attached hydrogens (tertiary/aromatic N) is 3. The van der Waals surface area contributed by atoms with Crippen molar-refractivity contribution in [2.75, 3.05) is 23.0 Å². The fraction of sp³-hybridized carbons (Fsp3) is 0.238. The zero-order valence-electron chi connectivity index (χ0n) is 18.0. The summed E-state index contributed by atoms with van der Waals surface area (Å²) in [6.07, 6.45) is 0. The van der Waals surface area contributed by atoms with Crippen LogP contribution in [0.4, 0.5) is 10.7 Å². The number of thioether (sulfide) groups is 1. The third kappa shape index (κ3) is 5.97. The Kier molecular flexibility index (Phi) is 7.81. The van der Waals surface area contributed by atoms with Gasteiger partial charge in [0.25, 0.3) is 0 Å². The number of carbonyl (C=O) groups excluding carboxylic acids is 3. The highest BCUT2D eigenvalue weighted by Gasteiger charge is 2.22. The van der Waals surface area contributed by atoms with Crippen LogP contribution in [0, 0.1) is 18.3 Å². The zero-order valence-corrected chi connectivity index (χ0v) is 19.6. The van der Waals surface area contributed by atoms with Gasteiger partial charge in [-0.2, -0.15) is 5.26 Å². The molecule has 2 aromatic heterocycles. The predicted octanol–water partition coefficient (Wildman–Crippen LogP) is 3.58. The molecule has 0 saturated carbocycles. The van der Waals surface area contributed by atoms with E-state index in [1.54, 1.807) is 32.0 Å².